The third-order valence-corrected chi connectivity index (χ3v) is 23.0. The van der Waals surface area contributed by atoms with Crippen LogP contribution in [0.3, 0.4) is 0 Å². The molecule has 4 rings (SSSR count). The molecule has 0 heterocycles. The van der Waals surface area contributed by atoms with Crippen LogP contribution in [0.4, 0.5) is 0 Å². The van der Waals surface area contributed by atoms with Crippen LogP contribution >= 0.6 is 24.8 Å². The number of benzene rings is 2. The third-order valence-electron chi connectivity index (χ3n) is 6.95. The third kappa shape index (κ3) is 5.88. The summed E-state index contributed by atoms with van der Waals surface area (Å²) in [5.41, 5.74) is 9.72. The van der Waals surface area contributed by atoms with Gasteiger partial charge >= 0.3 is 185 Å². The van der Waals surface area contributed by atoms with Gasteiger partial charge in [-0.1, -0.05) is 13.8 Å². The van der Waals surface area contributed by atoms with Crippen molar-refractivity contribution in [2.24, 2.45) is 0 Å². The van der Waals surface area contributed by atoms with Gasteiger partial charge in [-0.05, 0) is 0 Å². The van der Waals surface area contributed by atoms with Crippen LogP contribution in [0.25, 0.3) is 11.1 Å². The summed E-state index contributed by atoms with van der Waals surface area (Å²) in [6, 6.07) is 12.2. The molecule has 0 saturated carbocycles. The molecule has 0 bridgehead atoms. The number of hydrogen-bond acceptors (Lipinski definition) is 0. The van der Waals surface area contributed by atoms with Crippen molar-refractivity contribution in [2.45, 2.75) is 83.7 Å². The minimum absolute atomic E-state index is 0. The summed E-state index contributed by atoms with van der Waals surface area (Å²) in [4.78, 5) is 0. The molecule has 0 fully saturated rings. The monoisotopic (exact) mass is 580 g/mol. The van der Waals surface area contributed by atoms with E-state index in [-0.39, 0.29) is 35.6 Å². The first-order valence-electron chi connectivity index (χ1n) is 12.1. The minimum atomic E-state index is -2.52. The number of halogens is 2. The fraction of sp³-hybridized carbons (Fsp3) is 0.448. The van der Waals surface area contributed by atoms with Crippen LogP contribution in [0.15, 0.2) is 51.8 Å². The Hall–Kier alpha value is -0.400. The number of fused-ring (bicyclic) bond motifs is 3. The molecule has 0 spiro atoms. The molecule has 2 aromatic carbocycles. The van der Waals surface area contributed by atoms with Gasteiger partial charge in [-0.25, -0.2) is 0 Å². The van der Waals surface area contributed by atoms with E-state index in [1.807, 2.05) is 17.1 Å². The molecule has 1 unspecified atom stereocenters. The molecule has 0 saturated heterocycles. The molecule has 4 heteroatoms. The molecule has 0 aromatic heterocycles. The Morgan fingerprint density at radius 1 is 0.848 bits per heavy atom. The van der Waals surface area contributed by atoms with Gasteiger partial charge in [0.1, 0.15) is 0 Å². The molecule has 1 atom stereocenters. The molecule has 0 N–H and O–H groups in total. The van der Waals surface area contributed by atoms with E-state index in [1.54, 1.807) is 20.0 Å². The van der Waals surface area contributed by atoms with Crippen LogP contribution in [-0.4, -0.2) is 7.37 Å². The molecule has 2 aliphatic carbocycles. The van der Waals surface area contributed by atoms with Gasteiger partial charge in [0.25, 0.3) is 0 Å². The smallest absolute Gasteiger partial charge is 0.147 e. The van der Waals surface area contributed by atoms with Crippen LogP contribution in [0.5, 0.6) is 0 Å². The number of allylic oxidation sites excluding steroid dienone is 4. The Balaban J connectivity index is 0.00000133. The molecule has 182 valence electrons. The molecule has 0 aliphatic heterocycles. The standard InChI is InChI=1S/C21H25.C5H5.C2H6.CH3.2ClH.H3Si.Zr/c1-20(2,3)16-7-9-18-14(12-16)11-15-13-17(21(4,5)6)8-10-19(15)18;1-2-4-5-3-1;1-2;;;;;/h7-10,12H,11H2,1-6H3;1-3H,4H2;1-2H3;1H3;2*1H;1H3;. The fourth-order valence-corrected chi connectivity index (χ4v) is 19.5. The second kappa shape index (κ2) is 11.1. The summed E-state index contributed by atoms with van der Waals surface area (Å²) < 4.78 is 6.34. The normalized spacial score (nSPS) is 15.8. The van der Waals surface area contributed by atoms with Crippen molar-refractivity contribution < 1.29 is 19.4 Å². The van der Waals surface area contributed by atoms with Gasteiger partial charge < -0.3 is 0 Å². The van der Waals surface area contributed by atoms with Gasteiger partial charge in [0.2, 0.25) is 0 Å². The van der Waals surface area contributed by atoms with Crippen molar-refractivity contribution in [3.05, 3.63) is 74.1 Å². The molecular formula is C29H44Cl2SiZr. The van der Waals surface area contributed by atoms with E-state index >= 15 is 0 Å². The maximum atomic E-state index is 2.70. The Labute approximate surface area is 222 Å². The molecule has 33 heavy (non-hydrogen) atoms. The van der Waals surface area contributed by atoms with E-state index in [1.165, 1.54) is 30.5 Å². The van der Waals surface area contributed by atoms with Gasteiger partial charge in [-0.3, -0.25) is 0 Å². The van der Waals surface area contributed by atoms with E-state index < -0.39 is 19.4 Å². The first kappa shape index (κ1) is 30.6. The fourth-order valence-electron chi connectivity index (χ4n) is 5.15. The van der Waals surface area contributed by atoms with Crippen molar-refractivity contribution >= 4 is 35.5 Å². The van der Waals surface area contributed by atoms with Crippen molar-refractivity contribution in [3.8, 4) is 11.1 Å². The number of hydrogen-bond donors (Lipinski definition) is 0. The molecule has 0 radical (unpaired) electrons. The van der Waals surface area contributed by atoms with Gasteiger partial charge in [-0.15, -0.1) is 24.8 Å². The summed E-state index contributed by atoms with van der Waals surface area (Å²) >= 11 is -2.52. The Morgan fingerprint density at radius 2 is 1.45 bits per heavy atom. The van der Waals surface area contributed by atoms with E-state index in [4.69, 9.17) is 0 Å². The second-order valence-corrected chi connectivity index (χ2v) is 34.1. The van der Waals surface area contributed by atoms with Crippen LogP contribution in [0, 0.1) is 0 Å². The quantitative estimate of drug-likeness (QED) is 0.272. The molecular weight excluding hydrogens is 539 g/mol. The Morgan fingerprint density at radius 3 is 1.97 bits per heavy atom. The predicted octanol–water partition coefficient (Wildman–Crippen LogP) is 7.67. The second-order valence-electron chi connectivity index (χ2n) is 11.5. The van der Waals surface area contributed by atoms with Crippen molar-refractivity contribution in [1.82, 2.24) is 0 Å². The van der Waals surface area contributed by atoms with E-state index in [0.29, 0.717) is 0 Å². The van der Waals surface area contributed by atoms with Crippen molar-refractivity contribution in [1.29, 1.82) is 0 Å². The Kier molecular flexibility index (Phi) is 10.3. The summed E-state index contributed by atoms with van der Waals surface area (Å²) in [6.45, 7) is 18.2. The Bertz CT molecular complexity index is 1050. The van der Waals surface area contributed by atoms with Crippen LogP contribution < -0.4 is 3.27 Å². The van der Waals surface area contributed by atoms with Gasteiger partial charge in [-0.2, -0.15) is 0 Å². The van der Waals surface area contributed by atoms with Crippen molar-refractivity contribution in [3.63, 3.8) is 0 Å². The predicted molar refractivity (Wildman–Crippen MR) is 155 cm³/mol. The largest absolute Gasteiger partial charge is 0.147 e. The average Bonchev–Trinajstić information content (AvgIpc) is 3.35. The zero-order chi connectivity index (χ0) is 23.2. The summed E-state index contributed by atoms with van der Waals surface area (Å²) in [5, 5.41) is 0. The van der Waals surface area contributed by atoms with Gasteiger partial charge in [0, 0.05) is 0 Å². The van der Waals surface area contributed by atoms with Gasteiger partial charge in [0.15, 0.2) is 0 Å². The molecule has 2 aliphatic rings. The number of rotatable bonds is 2. The van der Waals surface area contributed by atoms with Crippen molar-refractivity contribution in [2.75, 3.05) is 0 Å². The van der Waals surface area contributed by atoms with Crippen LogP contribution in [0.1, 0.15) is 84.1 Å². The zero-order valence-electron chi connectivity index (χ0n) is 22.3. The maximum absolute atomic E-state index is 2.70. The minimum Gasteiger partial charge on any atom is -0.147 e. The summed E-state index contributed by atoms with van der Waals surface area (Å²) in [7, 11) is 1.33. The van der Waals surface area contributed by atoms with E-state index in [2.05, 4.69) is 94.7 Å². The molecule has 2 aromatic rings. The summed E-state index contributed by atoms with van der Waals surface area (Å²) in [5.74, 6) is 0. The first-order chi connectivity index (χ1) is 14.4. The van der Waals surface area contributed by atoms with E-state index in [9.17, 15) is 0 Å². The molecule has 0 nitrogen and oxygen atoms in total. The zero-order valence-corrected chi connectivity index (χ0v) is 28.4. The van der Waals surface area contributed by atoms with Gasteiger partial charge in [0.05, 0.1) is 0 Å². The molecule has 0 amide bonds. The van der Waals surface area contributed by atoms with E-state index in [0.717, 1.165) is 6.42 Å². The first-order valence-corrected chi connectivity index (χ1v) is 25.4. The summed E-state index contributed by atoms with van der Waals surface area (Å²) in [6.07, 6.45) is 9.46. The van der Waals surface area contributed by atoms with Crippen LogP contribution in [-0.2, 0) is 36.7 Å². The average molecular weight is 583 g/mol. The topological polar surface area (TPSA) is 0 Å². The maximum Gasteiger partial charge on any atom is -0.147 e. The van der Waals surface area contributed by atoms with Crippen LogP contribution in [0.2, 0.25) is 4.63 Å². The SMILES string of the molecule is CC.CC(C)(C)c1ccc2c(c1)Cc1c-2ccc(C(C)(C)C)[c]1[Zr]([CH3])([SiH3])[C]1=CC=CC1.Cl.Cl.